The third kappa shape index (κ3) is 16.7. The largest absolute Gasteiger partial charge is 0.469 e. The van der Waals surface area contributed by atoms with Gasteiger partial charge < -0.3 is 9.79 Å². The van der Waals surface area contributed by atoms with E-state index in [1.54, 1.807) is 0 Å². The zero-order valence-corrected chi connectivity index (χ0v) is 27.8. The van der Waals surface area contributed by atoms with Gasteiger partial charge in [-0.2, -0.15) is 0 Å². The molecule has 0 rings (SSSR count). The van der Waals surface area contributed by atoms with Crippen LogP contribution in [-0.4, -0.2) is 35.4 Å². The highest BCUT2D eigenvalue weighted by molar-refractivity contribution is 9.25. The van der Waals surface area contributed by atoms with Gasteiger partial charge in [0.05, 0.1) is 0 Å². The van der Waals surface area contributed by atoms with Crippen LogP contribution in [0.5, 0.6) is 0 Å². The Bertz CT molecular complexity index is 622. The second kappa shape index (κ2) is 14.4. The number of rotatable bonds is 14. The molecule has 0 heterocycles. The molecule has 0 aromatic heterocycles. The van der Waals surface area contributed by atoms with Gasteiger partial charge in [0.15, 0.2) is 7.59 Å². The Morgan fingerprint density at radius 3 is 1.47 bits per heavy atom. The Morgan fingerprint density at radius 1 is 0.719 bits per heavy atom. The van der Waals surface area contributed by atoms with E-state index >= 15 is 0 Å². The van der Waals surface area contributed by atoms with Crippen molar-refractivity contribution < 1.29 is 18.9 Å². The highest BCUT2D eigenvalue weighted by atomic mass is 79.9. The first-order valence-electron chi connectivity index (χ1n) is 8.98. The second-order valence-corrected chi connectivity index (χ2v) is 20.1. The number of phosphoric ester groups is 1. The van der Waals surface area contributed by atoms with Crippen LogP contribution < -0.4 is 0 Å². The Morgan fingerprint density at radius 2 is 1.09 bits per heavy atom. The Balaban J connectivity index is 5.29. The van der Waals surface area contributed by atoms with E-state index in [1.165, 1.54) is 0 Å². The molecule has 0 radical (unpaired) electrons. The summed E-state index contributed by atoms with van der Waals surface area (Å²) in [5, 5.41) is 0. The predicted octanol–water partition coefficient (Wildman–Crippen LogP) is 10.5. The lowest BCUT2D eigenvalue weighted by Crippen LogP contribution is -2.44. The molecule has 0 aliphatic carbocycles. The van der Waals surface area contributed by atoms with Crippen LogP contribution >= 0.6 is 156 Å². The molecule has 0 bridgehead atoms. The lowest BCUT2D eigenvalue weighted by Gasteiger charge is -2.39. The molecule has 1 unspecified atom stereocenters. The summed E-state index contributed by atoms with van der Waals surface area (Å²) in [6.07, 6.45) is 1.12. The fraction of sp³-hybridized carbons (Fsp3) is 1.00. The number of hydrogen-bond acceptors (Lipinski definition) is 2. The average Bonchev–Trinajstić information content (AvgIpc) is 2.52. The Hall–Kier alpha value is 3.97. The van der Waals surface area contributed by atoms with Crippen molar-refractivity contribution in [1.82, 2.24) is 0 Å². The lowest BCUT2D eigenvalue weighted by molar-refractivity contribution is 0.108. The minimum atomic E-state index is -4.97. The summed E-state index contributed by atoms with van der Waals surface area (Å²) in [6.45, 7) is 0. The van der Waals surface area contributed by atoms with Gasteiger partial charge in [-0.1, -0.05) is 161 Å². The summed E-state index contributed by atoms with van der Waals surface area (Å²) in [5.74, 6) is 0. The van der Waals surface area contributed by atoms with Crippen molar-refractivity contribution in [2.24, 2.45) is 0 Å². The second-order valence-electron chi connectivity index (χ2n) is 7.10. The molecule has 0 amide bonds. The van der Waals surface area contributed by atoms with Crippen LogP contribution in [0.2, 0.25) is 0 Å². The Kier molecular flexibility index (Phi) is 16.2. The summed E-state index contributed by atoms with van der Waals surface area (Å²) in [4.78, 5) is 18.7. The van der Waals surface area contributed by atoms with Crippen molar-refractivity contribution in [2.75, 3.05) is 0 Å². The van der Waals surface area contributed by atoms with E-state index in [0.29, 0.717) is 32.1 Å². The summed E-state index contributed by atoms with van der Waals surface area (Å²) in [6, 6.07) is 0. The van der Waals surface area contributed by atoms with Crippen LogP contribution in [0, 0.1) is 0 Å². The van der Waals surface area contributed by atoms with E-state index in [9.17, 15) is 14.4 Å². The van der Waals surface area contributed by atoms with Crippen LogP contribution in [0.15, 0.2) is 0 Å². The zero-order chi connectivity index (χ0) is 25.6. The van der Waals surface area contributed by atoms with E-state index in [4.69, 9.17) is 121 Å². The van der Waals surface area contributed by atoms with Gasteiger partial charge in [-0.05, 0) is 38.5 Å². The zero-order valence-electron chi connectivity index (χ0n) is 16.1. The third-order valence-electron chi connectivity index (χ3n) is 4.13. The predicted molar refractivity (Wildman–Crippen MR) is 149 cm³/mol. The summed E-state index contributed by atoms with van der Waals surface area (Å²) >= 11 is 67.0. The molecule has 17 heteroatoms. The summed E-state index contributed by atoms with van der Waals surface area (Å²) in [5.41, 5.74) is 0. The fourth-order valence-corrected chi connectivity index (χ4v) is 5.94. The molecule has 0 aromatic carbocycles. The minimum absolute atomic E-state index is 0.0818. The molecule has 194 valence electrons. The molecule has 0 spiro atoms. The van der Waals surface area contributed by atoms with Gasteiger partial charge in [0.1, 0.15) is 18.0 Å². The maximum atomic E-state index is 11.6. The number of alkyl halides is 12. The first-order chi connectivity index (χ1) is 14.0. The molecule has 0 saturated heterocycles. The van der Waals surface area contributed by atoms with Gasteiger partial charge in [0, 0.05) is 6.42 Å². The molecule has 0 aliphatic rings. The van der Waals surface area contributed by atoms with Crippen LogP contribution in [0.1, 0.15) is 57.8 Å². The first-order valence-corrected chi connectivity index (χ1v) is 15.9. The molecular formula is C15H21Br2Cl10O4P. The normalized spacial score (nSPS) is 15.8. The summed E-state index contributed by atoms with van der Waals surface area (Å²) < 4.78 is 9.14. The standard InChI is InChI=1S/C15H21Br2Cl10O4P/c16-12(17,13(20,21)6-2-4-8-15(25,26)27)9-10(31-32(28,29)30)11(18,19)5-1-3-7-14(22,23)24/h10H,1-9H2,(H2,28,29,30). The molecule has 0 aromatic rings. The molecular weight excluding hydrogens is 789 g/mol. The molecule has 0 saturated carbocycles. The number of phosphoric acid groups is 1. The molecule has 2 N–H and O–H groups in total. The van der Waals surface area contributed by atoms with Gasteiger partial charge >= 0.3 is 7.82 Å². The van der Waals surface area contributed by atoms with Crippen LogP contribution in [0.4, 0.5) is 0 Å². The minimum Gasteiger partial charge on any atom is -0.303 e. The van der Waals surface area contributed by atoms with Gasteiger partial charge in [-0.3, -0.25) is 4.52 Å². The fourth-order valence-electron chi connectivity index (χ4n) is 2.51. The highest BCUT2D eigenvalue weighted by Gasteiger charge is 2.51. The van der Waals surface area contributed by atoms with Gasteiger partial charge in [0.2, 0.25) is 0 Å². The van der Waals surface area contributed by atoms with Crippen molar-refractivity contribution >= 4 is 156 Å². The topological polar surface area (TPSA) is 66.8 Å². The van der Waals surface area contributed by atoms with Gasteiger partial charge in [-0.25, -0.2) is 4.57 Å². The van der Waals surface area contributed by atoms with Crippen LogP contribution in [-0.2, 0) is 9.09 Å². The van der Waals surface area contributed by atoms with E-state index in [-0.39, 0.29) is 25.7 Å². The van der Waals surface area contributed by atoms with Crippen molar-refractivity contribution in [3.8, 4) is 0 Å². The van der Waals surface area contributed by atoms with E-state index in [2.05, 4.69) is 31.9 Å². The third-order valence-corrected chi connectivity index (χ3v) is 10.6. The highest BCUT2D eigenvalue weighted by Crippen LogP contribution is 2.56. The molecule has 4 nitrogen and oxygen atoms in total. The van der Waals surface area contributed by atoms with Crippen molar-refractivity contribution in [3.05, 3.63) is 0 Å². The van der Waals surface area contributed by atoms with E-state index < -0.39 is 33.4 Å². The number of hydrogen-bond donors (Lipinski definition) is 2. The maximum Gasteiger partial charge on any atom is 0.469 e. The van der Waals surface area contributed by atoms with Crippen molar-refractivity contribution in [3.63, 3.8) is 0 Å². The SMILES string of the molecule is O=P(O)(O)OC(CC(Br)(Br)C(Cl)(Cl)CCCCC(Cl)(Cl)Cl)C(Cl)(Cl)CCCCC(Cl)(Cl)Cl. The Labute approximate surface area is 255 Å². The maximum absolute atomic E-state index is 11.6. The number of unbranched alkanes of at least 4 members (excludes halogenated alkanes) is 2. The molecule has 32 heavy (non-hydrogen) atoms. The van der Waals surface area contributed by atoms with E-state index in [1.807, 2.05) is 0 Å². The monoisotopic (exact) mass is 804 g/mol. The first kappa shape index (κ1) is 36.0. The molecule has 0 aliphatic heterocycles. The van der Waals surface area contributed by atoms with Gasteiger partial charge in [0.25, 0.3) is 0 Å². The lowest BCUT2D eigenvalue weighted by atomic mass is 10.0. The average molecular weight is 811 g/mol. The smallest absolute Gasteiger partial charge is 0.303 e. The summed E-state index contributed by atoms with van der Waals surface area (Å²) in [7, 11) is -4.97. The number of halogens is 12. The quantitative estimate of drug-likeness (QED) is 0.104. The van der Waals surface area contributed by atoms with Crippen molar-refractivity contribution in [1.29, 1.82) is 0 Å². The van der Waals surface area contributed by atoms with E-state index in [0.717, 1.165) is 0 Å². The van der Waals surface area contributed by atoms with Gasteiger partial charge in [-0.15, -0.1) is 0 Å². The van der Waals surface area contributed by atoms with Crippen molar-refractivity contribution in [2.45, 2.75) is 83.4 Å². The van der Waals surface area contributed by atoms with Crippen LogP contribution in [0.3, 0.4) is 0 Å². The molecule has 0 fully saturated rings. The van der Waals surface area contributed by atoms with Crippen LogP contribution in [0.25, 0.3) is 0 Å². The molecule has 1 atom stereocenters.